The minimum absolute atomic E-state index is 0.0711. The fourth-order valence-electron chi connectivity index (χ4n) is 0.715. The number of carboxylic acid groups (broad SMARTS) is 1. The molecule has 1 amide bonds. The number of nitrogens with two attached hydrogens (primary N) is 1. The smallest absolute Gasteiger partial charge is 0.303 e. The summed E-state index contributed by atoms with van der Waals surface area (Å²) in [5, 5.41) is 13.5. The second-order valence-corrected chi connectivity index (χ2v) is 2.93. The predicted molar refractivity (Wildman–Crippen MR) is 58.5 cm³/mol. The third kappa shape index (κ3) is 12.9. The highest BCUT2D eigenvalue weighted by molar-refractivity contribution is 5.82. The molecule has 0 radical (unpaired) electrons. The zero-order valence-electron chi connectivity index (χ0n) is 9.54. The van der Waals surface area contributed by atoms with Gasteiger partial charge in [0.05, 0.1) is 6.04 Å². The van der Waals surface area contributed by atoms with Gasteiger partial charge in [-0.2, -0.15) is 0 Å². The largest absolute Gasteiger partial charge is 0.481 e. The average Bonchev–Trinajstić information content (AvgIpc) is 2.15. The number of carbonyl (C=O) groups excluding carboxylic acids is 1. The SMILES string of the molecule is CCNC(=O)C(N)CCC(=O)O.CNC. The maximum atomic E-state index is 10.9. The lowest BCUT2D eigenvalue weighted by Gasteiger charge is -2.08. The molecule has 0 bridgehead atoms. The zero-order chi connectivity index (χ0) is 12.3. The van der Waals surface area contributed by atoms with Gasteiger partial charge in [-0.25, -0.2) is 0 Å². The Labute approximate surface area is 90.2 Å². The van der Waals surface area contributed by atoms with Crippen molar-refractivity contribution in [1.29, 1.82) is 0 Å². The first-order valence-electron chi connectivity index (χ1n) is 4.83. The lowest BCUT2D eigenvalue weighted by Crippen LogP contribution is -2.40. The van der Waals surface area contributed by atoms with Gasteiger partial charge in [0.2, 0.25) is 5.91 Å². The highest BCUT2D eigenvalue weighted by Crippen LogP contribution is 1.93. The number of likely N-dealkylation sites (N-methyl/N-ethyl adjacent to an activating group) is 1. The lowest BCUT2D eigenvalue weighted by atomic mass is 10.1. The Hall–Kier alpha value is -1.14. The number of carboxylic acids is 1. The van der Waals surface area contributed by atoms with E-state index in [4.69, 9.17) is 10.8 Å². The van der Waals surface area contributed by atoms with Gasteiger partial charge in [0, 0.05) is 13.0 Å². The van der Waals surface area contributed by atoms with E-state index in [0.29, 0.717) is 6.54 Å². The summed E-state index contributed by atoms with van der Waals surface area (Å²) in [5.74, 6) is -1.23. The van der Waals surface area contributed by atoms with Gasteiger partial charge in [-0.05, 0) is 27.4 Å². The van der Waals surface area contributed by atoms with Gasteiger partial charge in [0.25, 0.3) is 0 Å². The van der Waals surface area contributed by atoms with Crippen LogP contribution in [0, 0.1) is 0 Å². The molecule has 0 aromatic carbocycles. The van der Waals surface area contributed by atoms with Crippen LogP contribution in [0.1, 0.15) is 19.8 Å². The third-order valence-electron chi connectivity index (χ3n) is 1.36. The zero-order valence-corrected chi connectivity index (χ0v) is 9.54. The van der Waals surface area contributed by atoms with Crippen LogP contribution in [-0.4, -0.2) is 43.7 Å². The van der Waals surface area contributed by atoms with E-state index in [2.05, 4.69) is 10.6 Å². The first kappa shape index (κ1) is 16.3. The fourth-order valence-corrected chi connectivity index (χ4v) is 0.715. The number of rotatable bonds is 5. The molecule has 0 aliphatic heterocycles. The molecule has 0 heterocycles. The van der Waals surface area contributed by atoms with Crippen LogP contribution in [0.2, 0.25) is 0 Å². The van der Waals surface area contributed by atoms with Gasteiger partial charge in [-0.15, -0.1) is 0 Å². The van der Waals surface area contributed by atoms with Gasteiger partial charge >= 0.3 is 5.97 Å². The van der Waals surface area contributed by atoms with E-state index in [1.165, 1.54) is 0 Å². The van der Waals surface area contributed by atoms with E-state index in [0.717, 1.165) is 0 Å². The minimum Gasteiger partial charge on any atom is -0.481 e. The Morgan fingerprint density at radius 3 is 2.20 bits per heavy atom. The maximum absolute atomic E-state index is 10.9. The first-order chi connectivity index (χ1) is 6.99. The van der Waals surface area contributed by atoms with Crippen LogP contribution >= 0.6 is 0 Å². The topological polar surface area (TPSA) is 104 Å². The Kier molecular flexibility index (Phi) is 11.9. The number of amides is 1. The summed E-state index contributed by atoms with van der Waals surface area (Å²) in [5.41, 5.74) is 5.38. The second kappa shape index (κ2) is 10.9. The molecule has 15 heavy (non-hydrogen) atoms. The molecule has 6 nitrogen and oxygen atoms in total. The van der Waals surface area contributed by atoms with Crippen molar-refractivity contribution in [2.75, 3.05) is 20.6 Å². The van der Waals surface area contributed by atoms with E-state index in [1.807, 2.05) is 14.1 Å². The summed E-state index contributed by atoms with van der Waals surface area (Å²) in [4.78, 5) is 21.0. The number of nitrogens with one attached hydrogen (secondary N) is 2. The van der Waals surface area contributed by atoms with E-state index in [1.54, 1.807) is 6.92 Å². The van der Waals surface area contributed by atoms with Gasteiger partial charge in [-0.3, -0.25) is 9.59 Å². The number of carbonyl (C=O) groups is 2. The molecule has 0 fully saturated rings. The highest BCUT2D eigenvalue weighted by atomic mass is 16.4. The quantitative estimate of drug-likeness (QED) is 0.482. The van der Waals surface area contributed by atoms with Crippen LogP contribution in [0.15, 0.2) is 0 Å². The van der Waals surface area contributed by atoms with E-state index in [-0.39, 0.29) is 18.7 Å². The molecule has 5 N–H and O–H groups in total. The standard InChI is InChI=1S/C7H14N2O3.C2H7N/c1-2-9-7(12)5(8)3-4-6(10)11;1-3-2/h5H,2-4,8H2,1H3,(H,9,12)(H,10,11);3H,1-2H3. The molecule has 90 valence electrons. The van der Waals surface area contributed by atoms with E-state index >= 15 is 0 Å². The molecular weight excluding hydrogens is 198 g/mol. The molecule has 1 atom stereocenters. The van der Waals surface area contributed by atoms with Gasteiger partial charge < -0.3 is 21.5 Å². The summed E-state index contributed by atoms with van der Waals surface area (Å²) in [6, 6.07) is -0.707. The highest BCUT2D eigenvalue weighted by Gasteiger charge is 2.13. The van der Waals surface area contributed by atoms with Crippen LogP contribution in [0.25, 0.3) is 0 Å². The van der Waals surface area contributed by atoms with Crippen LogP contribution < -0.4 is 16.4 Å². The summed E-state index contributed by atoms with van der Waals surface area (Å²) >= 11 is 0. The van der Waals surface area contributed by atoms with Crippen LogP contribution in [-0.2, 0) is 9.59 Å². The van der Waals surface area contributed by atoms with Crippen molar-refractivity contribution in [3.8, 4) is 0 Å². The fraction of sp³-hybridized carbons (Fsp3) is 0.778. The van der Waals surface area contributed by atoms with E-state index in [9.17, 15) is 9.59 Å². The third-order valence-corrected chi connectivity index (χ3v) is 1.36. The molecule has 0 saturated carbocycles. The molecule has 0 saturated heterocycles. The van der Waals surface area contributed by atoms with Crippen molar-refractivity contribution in [2.24, 2.45) is 5.73 Å². The number of aliphatic carboxylic acids is 1. The number of hydrogen-bond donors (Lipinski definition) is 4. The Morgan fingerprint density at radius 2 is 1.87 bits per heavy atom. The lowest BCUT2D eigenvalue weighted by molar-refractivity contribution is -0.137. The molecule has 0 aromatic heterocycles. The monoisotopic (exact) mass is 219 g/mol. The molecule has 0 aromatic rings. The van der Waals surface area contributed by atoms with Crippen LogP contribution in [0.5, 0.6) is 0 Å². The maximum Gasteiger partial charge on any atom is 0.303 e. The van der Waals surface area contributed by atoms with Gasteiger partial charge in [0.1, 0.15) is 0 Å². The summed E-state index contributed by atoms with van der Waals surface area (Å²) in [6.45, 7) is 2.29. The average molecular weight is 219 g/mol. The van der Waals surface area contributed by atoms with Crippen LogP contribution in [0.3, 0.4) is 0 Å². The van der Waals surface area contributed by atoms with Crippen molar-refractivity contribution in [1.82, 2.24) is 10.6 Å². The molecule has 0 spiro atoms. The Balaban J connectivity index is 0. The molecule has 0 rings (SSSR count). The Morgan fingerprint density at radius 1 is 1.40 bits per heavy atom. The van der Waals surface area contributed by atoms with Gasteiger partial charge in [-0.1, -0.05) is 0 Å². The summed E-state index contributed by atoms with van der Waals surface area (Å²) in [7, 11) is 3.75. The molecular formula is C9H21N3O3. The van der Waals surface area contributed by atoms with Crippen molar-refractivity contribution < 1.29 is 14.7 Å². The molecule has 1 unspecified atom stereocenters. The van der Waals surface area contributed by atoms with Crippen molar-refractivity contribution in [2.45, 2.75) is 25.8 Å². The molecule has 0 aliphatic rings. The van der Waals surface area contributed by atoms with Crippen LogP contribution in [0.4, 0.5) is 0 Å². The predicted octanol–water partition coefficient (Wildman–Crippen LogP) is -0.850. The van der Waals surface area contributed by atoms with Crippen molar-refractivity contribution in [3.05, 3.63) is 0 Å². The summed E-state index contributed by atoms with van der Waals surface area (Å²) in [6.07, 6.45) is 0.111. The van der Waals surface area contributed by atoms with Crippen molar-refractivity contribution in [3.63, 3.8) is 0 Å². The molecule has 6 heteroatoms. The Bertz CT molecular complexity index is 185. The van der Waals surface area contributed by atoms with Crippen molar-refractivity contribution >= 4 is 11.9 Å². The first-order valence-corrected chi connectivity index (χ1v) is 4.83. The number of hydrogen-bond acceptors (Lipinski definition) is 4. The minimum atomic E-state index is -0.935. The molecule has 0 aliphatic carbocycles. The normalized spacial score (nSPS) is 10.9. The summed E-state index contributed by atoms with van der Waals surface area (Å²) < 4.78 is 0. The second-order valence-electron chi connectivity index (χ2n) is 2.93. The van der Waals surface area contributed by atoms with E-state index < -0.39 is 12.0 Å². The van der Waals surface area contributed by atoms with Gasteiger partial charge in [0.15, 0.2) is 0 Å².